The quantitative estimate of drug-likeness (QED) is 0.872. The lowest BCUT2D eigenvalue weighted by molar-refractivity contribution is -0.125. The Kier molecular flexibility index (Phi) is 4.06. The highest BCUT2D eigenvalue weighted by molar-refractivity contribution is 6.30. The van der Waals surface area contributed by atoms with Gasteiger partial charge in [0.05, 0.1) is 6.04 Å². The number of halogens is 1. The summed E-state index contributed by atoms with van der Waals surface area (Å²) in [4.78, 5) is 12.0. The molecule has 0 aromatic heterocycles. The van der Waals surface area contributed by atoms with Crippen molar-refractivity contribution in [1.82, 2.24) is 5.32 Å². The highest BCUT2D eigenvalue weighted by Gasteiger charge is 2.23. The molecule has 0 heterocycles. The number of nitrogens with one attached hydrogen (secondary N) is 1. The van der Waals surface area contributed by atoms with Gasteiger partial charge in [0.15, 0.2) is 0 Å². The van der Waals surface area contributed by atoms with Gasteiger partial charge in [0.2, 0.25) is 5.91 Å². The second-order valence-electron chi connectivity index (χ2n) is 4.76. The van der Waals surface area contributed by atoms with E-state index < -0.39 is 0 Å². The van der Waals surface area contributed by atoms with Crippen molar-refractivity contribution in [2.75, 3.05) is 0 Å². The molecule has 1 N–H and O–H groups in total. The van der Waals surface area contributed by atoms with E-state index in [9.17, 15) is 4.79 Å². The SMILES string of the molecule is C[C@H](NC(=O)C1CCCC1)c1ccc(Cl)cc1. The maximum absolute atomic E-state index is 12.0. The minimum absolute atomic E-state index is 0.0559. The molecule has 1 aromatic carbocycles. The molecular weight excluding hydrogens is 234 g/mol. The molecule has 0 spiro atoms. The van der Waals surface area contributed by atoms with E-state index in [0.29, 0.717) is 0 Å². The van der Waals surface area contributed by atoms with E-state index in [1.54, 1.807) is 0 Å². The molecule has 0 unspecified atom stereocenters. The molecule has 1 aliphatic rings. The molecule has 1 atom stereocenters. The Morgan fingerprint density at radius 3 is 2.47 bits per heavy atom. The van der Waals surface area contributed by atoms with Crippen molar-refractivity contribution in [3.05, 3.63) is 34.9 Å². The Hall–Kier alpha value is -1.02. The molecule has 0 aliphatic heterocycles. The van der Waals surface area contributed by atoms with E-state index in [2.05, 4.69) is 5.32 Å². The van der Waals surface area contributed by atoms with Gasteiger partial charge in [0, 0.05) is 10.9 Å². The van der Waals surface area contributed by atoms with Crippen LogP contribution in [0.25, 0.3) is 0 Å². The molecule has 3 heteroatoms. The summed E-state index contributed by atoms with van der Waals surface area (Å²) in [5.74, 6) is 0.426. The van der Waals surface area contributed by atoms with E-state index in [1.165, 1.54) is 12.8 Å². The van der Waals surface area contributed by atoms with E-state index in [-0.39, 0.29) is 17.9 Å². The summed E-state index contributed by atoms with van der Waals surface area (Å²) in [6.45, 7) is 2.01. The number of benzene rings is 1. The summed E-state index contributed by atoms with van der Waals surface area (Å²) in [5.41, 5.74) is 1.10. The molecule has 1 aromatic rings. The van der Waals surface area contributed by atoms with Crippen molar-refractivity contribution in [2.45, 2.75) is 38.6 Å². The smallest absolute Gasteiger partial charge is 0.223 e. The van der Waals surface area contributed by atoms with Crippen LogP contribution in [0.4, 0.5) is 0 Å². The standard InChI is InChI=1S/C14H18ClNO/c1-10(11-6-8-13(15)9-7-11)16-14(17)12-4-2-3-5-12/h6-10,12H,2-5H2,1H3,(H,16,17)/t10-/m0/s1. The molecule has 0 saturated heterocycles. The van der Waals surface area contributed by atoms with Crippen molar-refractivity contribution >= 4 is 17.5 Å². The summed E-state index contributed by atoms with van der Waals surface area (Å²) in [7, 11) is 0. The van der Waals surface area contributed by atoms with E-state index in [4.69, 9.17) is 11.6 Å². The topological polar surface area (TPSA) is 29.1 Å². The third kappa shape index (κ3) is 3.22. The zero-order valence-electron chi connectivity index (χ0n) is 10.1. The van der Waals surface area contributed by atoms with Crippen LogP contribution in [0.2, 0.25) is 5.02 Å². The molecule has 0 bridgehead atoms. The Bertz CT molecular complexity index is 382. The monoisotopic (exact) mass is 251 g/mol. The van der Waals surface area contributed by atoms with Gasteiger partial charge in [0.25, 0.3) is 0 Å². The third-order valence-electron chi connectivity index (χ3n) is 3.45. The highest BCUT2D eigenvalue weighted by Crippen LogP contribution is 2.25. The largest absolute Gasteiger partial charge is 0.349 e. The van der Waals surface area contributed by atoms with E-state index >= 15 is 0 Å². The second-order valence-corrected chi connectivity index (χ2v) is 5.20. The van der Waals surface area contributed by atoms with Gasteiger partial charge in [-0.05, 0) is 37.5 Å². The normalized spacial score (nSPS) is 18.0. The molecule has 1 amide bonds. The van der Waals surface area contributed by atoms with Crippen LogP contribution >= 0.6 is 11.6 Å². The average molecular weight is 252 g/mol. The molecule has 92 valence electrons. The minimum Gasteiger partial charge on any atom is -0.349 e. The third-order valence-corrected chi connectivity index (χ3v) is 3.71. The highest BCUT2D eigenvalue weighted by atomic mass is 35.5. The summed E-state index contributed by atoms with van der Waals surface area (Å²) >= 11 is 5.84. The Morgan fingerprint density at radius 2 is 1.88 bits per heavy atom. The van der Waals surface area contributed by atoms with Crippen LogP contribution in [0.3, 0.4) is 0 Å². The summed E-state index contributed by atoms with van der Waals surface area (Å²) in [6.07, 6.45) is 4.46. The summed E-state index contributed by atoms with van der Waals surface area (Å²) in [6, 6.07) is 7.69. The van der Waals surface area contributed by atoms with Crippen molar-refractivity contribution in [3.8, 4) is 0 Å². The first-order valence-corrected chi connectivity index (χ1v) is 6.60. The maximum Gasteiger partial charge on any atom is 0.223 e. The fourth-order valence-corrected chi connectivity index (χ4v) is 2.48. The average Bonchev–Trinajstić information content (AvgIpc) is 2.83. The molecule has 2 nitrogen and oxygen atoms in total. The van der Waals surface area contributed by atoms with Crippen LogP contribution in [0, 0.1) is 5.92 Å². The lowest BCUT2D eigenvalue weighted by Crippen LogP contribution is -2.31. The molecule has 1 aliphatic carbocycles. The van der Waals surface area contributed by atoms with Gasteiger partial charge in [-0.2, -0.15) is 0 Å². The predicted octanol–water partition coefficient (Wildman–Crippen LogP) is 3.71. The molecule has 17 heavy (non-hydrogen) atoms. The number of rotatable bonds is 3. The van der Waals surface area contributed by atoms with Crippen LogP contribution in [0.5, 0.6) is 0 Å². The van der Waals surface area contributed by atoms with E-state index in [1.807, 2.05) is 31.2 Å². The van der Waals surface area contributed by atoms with Crippen LogP contribution < -0.4 is 5.32 Å². The molecule has 1 saturated carbocycles. The predicted molar refractivity (Wildman–Crippen MR) is 70.0 cm³/mol. The van der Waals surface area contributed by atoms with Gasteiger partial charge in [0.1, 0.15) is 0 Å². The number of carbonyl (C=O) groups is 1. The number of hydrogen-bond donors (Lipinski definition) is 1. The lowest BCUT2D eigenvalue weighted by atomic mass is 10.0. The van der Waals surface area contributed by atoms with Gasteiger partial charge in [-0.15, -0.1) is 0 Å². The number of amides is 1. The summed E-state index contributed by atoms with van der Waals surface area (Å²) < 4.78 is 0. The van der Waals surface area contributed by atoms with Crippen molar-refractivity contribution in [1.29, 1.82) is 0 Å². The van der Waals surface area contributed by atoms with Crippen molar-refractivity contribution in [3.63, 3.8) is 0 Å². The first-order chi connectivity index (χ1) is 8.16. The van der Waals surface area contributed by atoms with Crippen LogP contribution in [0.15, 0.2) is 24.3 Å². The molecule has 2 rings (SSSR count). The van der Waals surface area contributed by atoms with Gasteiger partial charge in [-0.3, -0.25) is 4.79 Å². The van der Waals surface area contributed by atoms with Gasteiger partial charge in [-0.25, -0.2) is 0 Å². The van der Waals surface area contributed by atoms with Gasteiger partial charge < -0.3 is 5.32 Å². The second kappa shape index (κ2) is 5.54. The van der Waals surface area contributed by atoms with E-state index in [0.717, 1.165) is 23.4 Å². The van der Waals surface area contributed by atoms with Crippen LogP contribution in [0.1, 0.15) is 44.2 Å². The zero-order valence-corrected chi connectivity index (χ0v) is 10.8. The fraction of sp³-hybridized carbons (Fsp3) is 0.500. The lowest BCUT2D eigenvalue weighted by Gasteiger charge is -2.17. The first-order valence-electron chi connectivity index (χ1n) is 6.22. The van der Waals surface area contributed by atoms with Gasteiger partial charge >= 0.3 is 0 Å². The first kappa shape index (κ1) is 12.4. The molecule has 1 fully saturated rings. The fourth-order valence-electron chi connectivity index (χ4n) is 2.35. The number of carbonyl (C=O) groups excluding carboxylic acids is 1. The molecule has 0 radical (unpaired) electrons. The van der Waals surface area contributed by atoms with Crippen molar-refractivity contribution < 1.29 is 4.79 Å². The zero-order chi connectivity index (χ0) is 12.3. The van der Waals surface area contributed by atoms with Gasteiger partial charge in [-0.1, -0.05) is 36.6 Å². The summed E-state index contributed by atoms with van der Waals surface area (Å²) in [5, 5.41) is 3.80. The Morgan fingerprint density at radius 1 is 1.29 bits per heavy atom. The Balaban J connectivity index is 1.93. The molecular formula is C14H18ClNO. The number of hydrogen-bond acceptors (Lipinski definition) is 1. The maximum atomic E-state index is 12.0. The Labute approximate surface area is 107 Å². The van der Waals surface area contributed by atoms with Crippen LogP contribution in [-0.4, -0.2) is 5.91 Å². The minimum atomic E-state index is 0.0559. The van der Waals surface area contributed by atoms with Crippen LogP contribution in [-0.2, 0) is 4.79 Å². The van der Waals surface area contributed by atoms with Crippen molar-refractivity contribution in [2.24, 2.45) is 5.92 Å².